The molecule has 0 bridgehead atoms. The molecule has 13 heavy (non-hydrogen) atoms. The first-order chi connectivity index (χ1) is 6.09. The van der Waals surface area contributed by atoms with Gasteiger partial charge in [0.15, 0.2) is 0 Å². The molecule has 72 valence electrons. The number of aliphatic hydroxyl groups excluding tert-OH is 1. The second-order valence-corrected chi connectivity index (χ2v) is 2.84. The van der Waals surface area contributed by atoms with Crippen LogP contribution >= 0.6 is 0 Å². The minimum absolute atomic E-state index is 0.0874. The molecule has 0 fully saturated rings. The Morgan fingerprint density at radius 1 is 1.62 bits per heavy atom. The fraction of sp³-hybridized carbons (Fsp3) is 0.333. The van der Waals surface area contributed by atoms with Crippen molar-refractivity contribution in [2.75, 3.05) is 12.3 Å². The van der Waals surface area contributed by atoms with E-state index in [1.165, 1.54) is 12.1 Å². The number of anilines is 1. The first kappa shape index (κ1) is 9.80. The first-order valence-electron chi connectivity index (χ1n) is 3.95. The maximum atomic E-state index is 12.8. The Bertz CT molecular complexity index is 289. The van der Waals surface area contributed by atoms with Crippen LogP contribution in [0.2, 0.25) is 0 Å². The third-order valence-electron chi connectivity index (χ3n) is 1.46. The van der Waals surface area contributed by atoms with Gasteiger partial charge in [0.25, 0.3) is 0 Å². The summed E-state index contributed by atoms with van der Waals surface area (Å²) in [5.74, 6) is -0.143. The zero-order valence-corrected chi connectivity index (χ0v) is 7.33. The van der Waals surface area contributed by atoms with E-state index in [0.29, 0.717) is 5.75 Å². The van der Waals surface area contributed by atoms with Crippen LogP contribution in [0.25, 0.3) is 0 Å². The topological polar surface area (TPSA) is 55.5 Å². The zero-order chi connectivity index (χ0) is 9.84. The molecule has 1 rings (SSSR count). The van der Waals surface area contributed by atoms with Crippen LogP contribution in [0, 0.1) is 5.82 Å². The van der Waals surface area contributed by atoms with Crippen LogP contribution in [0.1, 0.15) is 6.92 Å². The Morgan fingerprint density at radius 2 is 2.31 bits per heavy atom. The van der Waals surface area contributed by atoms with E-state index in [-0.39, 0.29) is 12.3 Å². The number of nitrogen functional groups attached to an aromatic ring is 1. The molecule has 3 N–H and O–H groups in total. The van der Waals surface area contributed by atoms with Crippen molar-refractivity contribution in [3.8, 4) is 5.75 Å². The minimum Gasteiger partial charge on any atom is -0.491 e. The molecule has 0 heterocycles. The Hall–Kier alpha value is -1.29. The van der Waals surface area contributed by atoms with Crippen LogP contribution in [0.15, 0.2) is 18.2 Å². The lowest BCUT2D eigenvalue weighted by molar-refractivity contribution is 0.122. The van der Waals surface area contributed by atoms with E-state index in [1.807, 2.05) is 0 Å². The van der Waals surface area contributed by atoms with Crippen LogP contribution in [0.3, 0.4) is 0 Å². The van der Waals surface area contributed by atoms with Gasteiger partial charge in [0.05, 0.1) is 11.8 Å². The van der Waals surface area contributed by atoms with E-state index in [9.17, 15) is 4.39 Å². The number of hydrogen-bond donors (Lipinski definition) is 2. The van der Waals surface area contributed by atoms with Gasteiger partial charge in [-0.05, 0) is 19.1 Å². The lowest BCUT2D eigenvalue weighted by Gasteiger charge is -2.08. The highest BCUT2D eigenvalue weighted by Gasteiger charge is 2.02. The molecule has 3 nitrogen and oxygen atoms in total. The maximum Gasteiger partial charge on any atom is 0.149 e. The van der Waals surface area contributed by atoms with Gasteiger partial charge in [0, 0.05) is 6.07 Å². The second kappa shape index (κ2) is 4.09. The van der Waals surface area contributed by atoms with Gasteiger partial charge in [-0.15, -0.1) is 0 Å². The molecule has 1 atom stereocenters. The summed E-state index contributed by atoms with van der Waals surface area (Å²) in [5.41, 5.74) is 5.35. The third kappa shape index (κ3) is 2.91. The molecule has 1 aromatic carbocycles. The molecule has 0 saturated carbocycles. The molecule has 0 amide bonds. The standard InChI is InChI=1S/C9H12FNO2/c1-6(12)5-13-7-2-3-9(11)8(10)4-7/h2-4,6,12H,5,11H2,1H3. The maximum absolute atomic E-state index is 12.8. The number of nitrogens with two attached hydrogens (primary N) is 1. The minimum atomic E-state index is -0.569. The van der Waals surface area contributed by atoms with Crippen LogP contribution in [-0.2, 0) is 0 Å². The van der Waals surface area contributed by atoms with Gasteiger partial charge in [-0.2, -0.15) is 0 Å². The largest absolute Gasteiger partial charge is 0.491 e. The molecule has 1 aromatic rings. The lowest BCUT2D eigenvalue weighted by atomic mass is 10.3. The van der Waals surface area contributed by atoms with Gasteiger partial charge in [0.1, 0.15) is 18.2 Å². The third-order valence-corrected chi connectivity index (χ3v) is 1.46. The average molecular weight is 185 g/mol. The van der Waals surface area contributed by atoms with Gasteiger partial charge in [-0.1, -0.05) is 0 Å². The summed E-state index contributed by atoms with van der Waals surface area (Å²) in [6, 6.07) is 4.17. The van der Waals surface area contributed by atoms with Crippen LogP contribution in [0.5, 0.6) is 5.75 Å². The molecule has 0 radical (unpaired) electrons. The van der Waals surface area contributed by atoms with Crippen LogP contribution in [-0.4, -0.2) is 17.8 Å². The van der Waals surface area contributed by atoms with E-state index in [0.717, 1.165) is 0 Å². The summed E-state index contributed by atoms with van der Waals surface area (Å²) >= 11 is 0. The summed E-state index contributed by atoms with van der Waals surface area (Å²) in [4.78, 5) is 0. The predicted octanol–water partition coefficient (Wildman–Crippen LogP) is 1.17. The second-order valence-electron chi connectivity index (χ2n) is 2.84. The molecular formula is C9H12FNO2. The van der Waals surface area contributed by atoms with Gasteiger partial charge in [0.2, 0.25) is 0 Å². The van der Waals surface area contributed by atoms with Crippen molar-refractivity contribution in [3.63, 3.8) is 0 Å². The Kier molecular flexibility index (Phi) is 3.08. The Balaban J connectivity index is 2.63. The van der Waals surface area contributed by atoms with Gasteiger partial charge >= 0.3 is 0 Å². The van der Waals surface area contributed by atoms with Crippen molar-refractivity contribution in [1.29, 1.82) is 0 Å². The van der Waals surface area contributed by atoms with Gasteiger partial charge in [-0.3, -0.25) is 0 Å². The molecule has 4 heteroatoms. The highest BCUT2D eigenvalue weighted by atomic mass is 19.1. The Morgan fingerprint density at radius 3 is 2.85 bits per heavy atom. The molecule has 0 aromatic heterocycles. The normalized spacial score (nSPS) is 12.5. The number of ether oxygens (including phenoxy) is 1. The number of aliphatic hydroxyl groups is 1. The number of rotatable bonds is 3. The molecule has 0 aliphatic carbocycles. The smallest absolute Gasteiger partial charge is 0.149 e. The summed E-state index contributed by atoms with van der Waals surface area (Å²) < 4.78 is 17.9. The van der Waals surface area contributed by atoms with Crippen molar-refractivity contribution in [2.45, 2.75) is 13.0 Å². The first-order valence-corrected chi connectivity index (χ1v) is 3.95. The number of benzene rings is 1. The average Bonchev–Trinajstić information content (AvgIpc) is 2.07. The van der Waals surface area contributed by atoms with E-state index in [2.05, 4.69) is 0 Å². The van der Waals surface area contributed by atoms with Crippen molar-refractivity contribution < 1.29 is 14.2 Å². The van der Waals surface area contributed by atoms with E-state index in [4.69, 9.17) is 15.6 Å². The molecule has 0 spiro atoms. The van der Waals surface area contributed by atoms with E-state index >= 15 is 0 Å². The van der Waals surface area contributed by atoms with Crippen molar-refractivity contribution in [2.24, 2.45) is 0 Å². The molecule has 0 aliphatic heterocycles. The molecule has 1 unspecified atom stereocenters. The molecular weight excluding hydrogens is 173 g/mol. The molecule has 0 aliphatic rings. The molecule has 0 saturated heterocycles. The van der Waals surface area contributed by atoms with Crippen molar-refractivity contribution in [1.82, 2.24) is 0 Å². The predicted molar refractivity (Wildman–Crippen MR) is 48.0 cm³/mol. The van der Waals surface area contributed by atoms with Crippen LogP contribution in [0.4, 0.5) is 10.1 Å². The van der Waals surface area contributed by atoms with Crippen molar-refractivity contribution >= 4 is 5.69 Å². The van der Waals surface area contributed by atoms with E-state index in [1.54, 1.807) is 13.0 Å². The fourth-order valence-corrected chi connectivity index (χ4v) is 0.814. The highest BCUT2D eigenvalue weighted by Crippen LogP contribution is 2.17. The zero-order valence-electron chi connectivity index (χ0n) is 7.33. The number of halogens is 1. The SMILES string of the molecule is CC(O)COc1ccc(N)c(F)c1. The van der Waals surface area contributed by atoms with Gasteiger partial charge < -0.3 is 15.6 Å². The fourth-order valence-electron chi connectivity index (χ4n) is 0.814. The van der Waals surface area contributed by atoms with Crippen LogP contribution < -0.4 is 10.5 Å². The highest BCUT2D eigenvalue weighted by molar-refractivity contribution is 5.43. The Labute approximate surface area is 75.9 Å². The number of hydrogen-bond acceptors (Lipinski definition) is 3. The monoisotopic (exact) mass is 185 g/mol. The van der Waals surface area contributed by atoms with E-state index < -0.39 is 11.9 Å². The summed E-state index contributed by atoms with van der Waals surface area (Å²) in [6.45, 7) is 1.73. The lowest BCUT2D eigenvalue weighted by Crippen LogP contribution is -2.12. The summed E-state index contributed by atoms with van der Waals surface area (Å²) in [7, 11) is 0. The quantitative estimate of drug-likeness (QED) is 0.695. The summed E-state index contributed by atoms with van der Waals surface area (Å²) in [6.07, 6.45) is -0.569. The van der Waals surface area contributed by atoms with Crippen molar-refractivity contribution in [3.05, 3.63) is 24.0 Å². The summed E-state index contributed by atoms with van der Waals surface area (Å²) in [5, 5.41) is 8.89. The van der Waals surface area contributed by atoms with Gasteiger partial charge in [-0.25, -0.2) is 4.39 Å².